The van der Waals surface area contributed by atoms with Gasteiger partial charge in [0.25, 0.3) is 0 Å². The predicted molar refractivity (Wildman–Crippen MR) is 93.0 cm³/mol. The molecule has 0 heterocycles. The average Bonchev–Trinajstić information content (AvgIpc) is 2.47. The molecule has 0 saturated carbocycles. The number of benzene rings is 2. The summed E-state index contributed by atoms with van der Waals surface area (Å²) in [6.45, 7) is 2.06. The molecule has 0 aliphatic rings. The normalized spacial score (nSPS) is 11.2. The lowest BCUT2D eigenvalue weighted by Gasteiger charge is -2.19. The minimum Gasteiger partial charge on any atom is -0.505 e. The van der Waals surface area contributed by atoms with Gasteiger partial charge in [-0.25, -0.2) is 0 Å². The molecule has 0 aliphatic carbocycles. The van der Waals surface area contributed by atoms with E-state index in [1.54, 1.807) is 24.3 Å². The zero-order valence-electron chi connectivity index (χ0n) is 11.7. The Morgan fingerprint density at radius 3 is 1.36 bits per heavy atom. The van der Waals surface area contributed by atoms with Gasteiger partial charge in [0.05, 0.1) is 20.1 Å². The van der Waals surface area contributed by atoms with Crippen molar-refractivity contribution in [3.05, 3.63) is 55.5 Å². The molecule has 0 bridgehead atoms. The van der Waals surface area contributed by atoms with Crippen molar-refractivity contribution in [2.45, 2.75) is 25.7 Å². The van der Waals surface area contributed by atoms with E-state index in [2.05, 4.69) is 6.92 Å². The van der Waals surface area contributed by atoms with Crippen LogP contribution in [0.15, 0.2) is 24.3 Å². The monoisotopic (exact) mass is 378 g/mol. The second-order valence-corrected chi connectivity index (χ2v) is 6.64. The molecule has 0 saturated heterocycles. The first kappa shape index (κ1) is 17.6. The molecule has 0 radical (unpaired) electrons. The fourth-order valence-corrected chi connectivity index (χ4v) is 3.39. The zero-order valence-corrected chi connectivity index (χ0v) is 14.7. The second kappa shape index (κ2) is 7.18. The third-order valence-corrected chi connectivity index (χ3v) is 4.61. The molecule has 0 unspecified atom stereocenters. The van der Waals surface area contributed by atoms with Gasteiger partial charge < -0.3 is 10.2 Å². The van der Waals surface area contributed by atoms with Crippen molar-refractivity contribution in [2.24, 2.45) is 0 Å². The molecule has 118 valence electrons. The lowest BCUT2D eigenvalue weighted by atomic mass is 9.87. The minimum atomic E-state index is -0.135. The van der Waals surface area contributed by atoms with Gasteiger partial charge in [0.1, 0.15) is 0 Å². The van der Waals surface area contributed by atoms with Gasteiger partial charge in [-0.1, -0.05) is 59.7 Å². The maximum absolute atomic E-state index is 9.70. The minimum absolute atomic E-state index is 0.0452. The number of hydrogen-bond acceptors (Lipinski definition) is 2. The Kier molecular flexibility index (Phi) is 5.73. The van der Waals surface area contributed by atoms with Gasteiger partial charge in [0.2, 0.25) is 0 Å². The third kappa shape index (κ3) is 3.57. The maximum Gasteiger partial charge on any atom is 0.152 e. The largest absolute Gasteiger partial charge is 0.505 e. The average molecular weight is 380 g/mol. The van der Waals surface area contributed by atoms with E-state index in [4.69, 9.17) is 46.4 Å². The van der Waals surface area contributed by atoms with Crippen molar-refractivity contribution in [2.75, 3.05) is 0 Å². The molecule has 2 aromatic rings. The van der Waals surface area contributed by atoms with Crippen molar-refractivity contribution in [1.82, 2.24) is 0 Å². The first-order chi connectivity index (χ1) is 10.3. The molecule has 2 aromatic carbocycles. The Hall–Kier alpha value is -0.800. The van der Waals surface area contributed by atoms with E-state index in [0.29, 0.717) is 0 Å². The number of rotatable bonds is 4. The van der Waals surface area contributed by atoms with Crippen molar-refractivity contribution in [1.29, 1.82) is 0 Å². The fourth-order valence-electron chi connectivity index (χ4n) is 2.39. The molecule has 0 atom stereocenters. The van der Waals surface area contributed by atoms with Gasteiger partial charge in [-0.15, -0.1) is 0 Å². The molecule has 2 N–H and O–H groups in total. The second-order valence-electron chi connectivity index (χ2n) is 5.01. The number of aromatic hydroxyl groups is 2. The molecule has 2 nitrogen and oxygen atoms in total. The summed E-state index contributed by atoms with van der Waals surface area (Å²) in [5.74, 6) is -0.315. The Morgan fingerprint density at radius 2 is 1.09 bits per heavy atom. The van der Waals surface area contributed by atoms with Crippen LogP contribution < -0.4 is 0 Å². The Labute approximate surface area is 149 Å². The highest BCUT2D eigenvalue weighted by molar-refractivity contribution is 6.37. The van der Waals surface area contributed by atoms with Gasteiger partial charge in [-0.3, -0.25) is 0 Å². The van der Waals surface area contributed by atoms with Gasteiger partial charge in [0.15, 0.2) is 11.5 Å². The molecule has 6 heteroatoms. The first-order valence-corrected chi connectivity index (χ1v) is 8.22. The lowest BCUT2D eigenvalue weighted by molar-refractivity contribution is 0.475. The topological polar surface area (TPSA) is 40.5 Å². The molecule has 0 amide bonds. The standard InChI is InChI=1S/C16H14Cl4O2/c1-2-3-10(8-4-11(17)15(21)12(18)5-8)9-6-13(19)16(22)14(20)7-9/h4-7,10,21-22H,2-3H2,1H3. The smallest absolute Gasteiger partial charge is 0.152 e. The highest BCUT2D eigenvalue weighted by Gasteiger charge is 2.19. The molecular formula is C16H14Cl4O2. The number of halogens is 4. The SMILES string of the molecule is CCCC(c1cc(Cl)c(O)c(Cl)c1)c1cc(Cl)c(O)c(Cl)c1. The summed E-state index contributed by atoms with van der Waals surface area (Å²) in [6, 6.07) is 6.71. The van der Waals surface area contributed by atoms with Crippen LogP contribution in [0.2, 0.25) is 20.1 Å². The van der Waals surface area contributed by atoms with Gasteiger partial charge in [0, 0.05) is 5.92 Å². The summed E-state index contributed by atoms with van der Waals surface area (Å²) in [6.07, 6.45) is 1.73. The highest BCUT2D eigenvalue weighted by Crippen LogP contribution is 2.41. The first-order valence-electron chi connectivity index (χ1n) is 6.71. The summed E-state index contributed by atoms with van der Waals surface area (Å²) in [5.41, 5.74) is 1.71. The van der Waals surface area contributed by atoms with Crippen molar-refractivity contribution in [3.8, 4) is 11.5 Å². The number of phenols is 2. The predicted octanol–water partition coefficient (Wildman–Crippen LogP) is 6.64. The number of hydrogen-bond donors (Lipinski definition) is 2. The molecule has 0 fully saturated rings. The number of phenolic OH excluding ortho intramolecular Hbond substituents is 2. The van der Waals surface area contributed by atoms with E-state index >= 15 is 0 Å². The lowest BCUT2D eigenvalue weighted by Crippen LogP contribution is -2.02. The van der Waals surface area contributed by atoms with Crippen LogP contribution in [0.5, 0.6) is 11.5 Å². The highest BCUT2D eigenvalue weighted by atomic mass is 35.5. The van der Waals surface area contributed by atoms with Crippen LogP contribution in [-0.4, -0.2) is 10.2 Å². The molecule has 0 spiro atoms. The van der Waals surface area contributed by atoms with Crippen LogP contribution in [0.4, 0.5) is 0 Å². The molecular weight excluding hydrogens is 366 g/mol. The molecule has 22 heavy (non-hydrogen) atoms. The zero-order chi connectivity index (χ0) is 16.4. The summed E-state index contributed by atoms with van der Waals surface area (Å²) >= 11 is 24.0. The van der Waals surface area contributed by atoms with E-state index in [-0.39, 0.29) is 37.5 Å². The summed E-state index contributed by atoms with van der Waals surface area (Å²) < 4.78 is 0. The Balaban J connectivity index is 2.56. The maximum atomic E-state index is 9.70. The van der Waals surface area contributed by atoms with Crippen LogP contribution in [0.3, 0.4) is 0 Å². The Morgan fingerprint density at radius 1 is 0.773 bits per heavy atom. The van der Waals surface area contributed by atoms with Crippen molar-refractivity contribution < 1.29 is 10.2 Å². The summed E-state index contributed by atoms with van der Waals surface area (Å²) in [4.78, 5) is 0. The van der Waals surface area contributed by atoms with Crippen LogP contribution in [0, 0.1) is 0 Å². The van der Waals surface area contributed by atoms with Crippen molar-refractivity contribution in [3.63, 3.8) is 0 Å². The molecule has 2 rings (SSSR count). The quantitative estimate of drug-likeness (QED) is 0.624. The fraction of sp³-hybridized carbons (Fsp3) is 0.250. The van der Waals surface area contributed by atoms with Crippen LogP contribution in [0.25, 0.3) is 0 Å². The van der Waals surface area contributed by atoms with Crippen LogP contribution >= 0.6 is 46.4 Å². The summed E-state index contributed by atoms with van der Waals surface area (Å²) in [5, 5.41) is 20.2. The molecule has 0 aromatic heterocycles. The Bertz CT molecular complexity index is 597. The molecule has 0 aliphatic heterocycles. The van der Waals surface area contributed by atoms with Crippen LogP contribution in [0.1, 0.15) is 36.8 Å². The van der Waals surface area contributed by atoms with E-state index in [9.17, 15) is 10.2 Å². The van der Waals surface area contributed by atoms with E-state index < -0.39 is 0 Å². The van der Waals surface area contributed by atoms with Gasteiger partial charge >= 0.3 is 0 Å². The van der Waals surface area contributed by atoms with Gasteiger partial charge in [-0.05, 0) is 41.8 Å². The van der Waals surface area contributed by atoms with E-state index in [1.807, 2.05) is 0 Å². The van der Waals surface area contributed by atoms with Crippen LogP contribution in [-0.2, 0) is 0 Å². The van der Waals surface area contributed by atoms with E-state index in [1.165, 1.54) is 0 Å². The van der Waals surface area contributed by atoms with Gasteiger partial charge in [-0.2, -0.15) is 0 Å². The van der Waals surface area contributed by atoms with Crippen molar-refractivity contribution >= 4 is 46.4 Å². The van der Waals surface area contributed by atoms with E-state index in [0.717, 1.165) is 24.0 Å². The third-order valence-electron chi connectivity index (χ3n) is 3.46. The summed E-state index contributed by atoms with van der Waals surface area (Å²) in [7, 11) is 0.